The molecule has 0 bridgehead atoms. The fraction of sp³-hybridized carbons (Fsp3) is 0.909. The van der Waals surface area contributed by atoms with Gasteiger partial charge in [0.2, 0.25) is 5.91 Å². The highest BCUT2D eigenvalue weighted by Gasteiger charge is 2.16. The van der Waals surface area contributed by atoms with Crippen LogP contribution in [-0.2, 0) is 4.79 Å². The summed E-state index contributed by atoms with van der Waals surface area (Å²) in [6, 6.07) is -0.0823. The largest absolute Gasteiger partial charge is 0.394 e. The molecule has 0 aromatic carbocycles. The van der Waals surface area contributed by atoms with Crippen LogP contribution in [0.3, 0.4) is 0 Å². The molecule has 0 unspecified atom stereocenters. The molecule has 0 saturated carbocycles. The zero-order chi connectivity index (χ0) is 11.8. The van der Waals surface area contributed by atoms with Crippen LogP contribution in [0.15, 0.2) is 0 Å². The van der Waals surface area contributed by atoms with Gasteiger partial charge in [0.05, 0.1) is 18.4 Å². The second-order valence-corrected chi connectivity index (χ2v) is 5.40. The summed E-state index contributed by atoms with van der Waals surface area (Å²) in [5, 5.41) is 15.7. The van der Waals surface area contributed by atoms with Crippen molar-refractivity contribution in [1.29, 1.82) is 0 Å². The summed E-state index contributed by atoms with van der Waals surface area (Å²) in [6.45, 7) is 4.11. The molecule has 1 fully saturated rings. The van der Waals surface area contributed by atoms with Crippen LogP contribution >= 0.6 is 11.8 Å². The smallest absolute Gasteiger partial charge is 0.230 e. The molecule has 0 aromatic heterocycles. The van der Waals surface area contributed by atoms with Crippen molar-refractivity contribution < 1.29 is 9.90 Å². The summed E-state index contributed by atoms with van der Waals surface area (Å²) >= 11 is 1.73. The van der Waals surface area contributed by atoms with Crippen LogP contribution in [0.1, 0.15) is 26.2 Å². The number of hydrogen-bond acceptors (Lipinski definition) is 4. The predicted molar refractivity (Wildman–Crippen MR) is 67.7 cm³/mol. The molecule has 1 aliphatic heterocycles. The molecular formula is C11H22N2O2S. The van der Waals surface area contributed by atoms with Gasteiger partial charge in [0.25, 0.3) is 0 Å². The number of hydrogen-bond donors (Lipinski definition) is 3. The zero-order valence-electron chi connectivity index (χ0n) is 9.87. The third-order valence-corrected chi connectivity index (χ3v) is 4.19. The Morgan fingerprint density at radius 2 is 2.25 bits per heavy atom. The van der Waals surface area contributed by atoms with Crippen molar-refractivity contribution in [3.63, 3.8) is 0 Å². The van der Waals surface area contributed by atoms with E-state index in [4.69, 9.17) is 5.11 Å². The lowest BCUT2D eigenvalue weighted by Gasteiger charge is -2.22. The molecule has 0 aromatic rings. The maximum Gasteiger partial charge on any atom is 0.230 e. The van der Waals surface area contributed by atoms with Crippen molar-refractivity contribution >= 4 is 17.7 Å². The van der Waals surface area contributed by atoms with E-state index in [1.54, 1.807) is 11.8 Å². The molecule has 3 N–H and O–H groups in total. The Bertz CT molecular complexity index is 204. The lowest BCUT2D eigenvalue weighted by atomic mass is 10.2. The molecule has 1 amide bonds. The first-order valence-electron chi connectivity index (χ1n) is 5.98. The molecule has 0 radical (unpaired) electrons. The van der Waals surface area contributed by atoms with Crippen LogP contribution in [0, 0.1) is 0 Å². The quantitative estimate of drug-likeness (QED) is 0.633. The van der Waals surface area contributed by atoms with E-state index in [2.05, 4.69) is 10.6 Å². The van der Waals surface area contributed by atoms with E-state index in [-0.39, 0.29) is 18.6 Å². The van der Waals surface area contributed by atoms with E-state index in [0.29, 0.717) is 11.0 Å². The fourth-order valence-electron chi connectivity index (χ4n) is 1.70. The third kappa shape index (κ3) is 5.18. The minimum Gasteiger partial charge on any atom is -0.394 e. The number of rotatable bonds is 6. The number of piperidine rings is 1. The Balaban J connectivity index is 2.13. The maximum absolute atomic E-state index is 11.6. The molecule has 1 aliphatic rings. The highest BCUT2D eigenvalue weighted by atomic mass is 32.2. The van der Waals surface area contributed by atoms with Crippen LogP contribution in [0.25, 0.3) is 0 Å². The molecule has 1 saturated heterocycles. The first-order valence-corrected chi connectivity index (χ1v) is 7.03. The Morgan fingerprint density at radius 1 is 1.56 bits per heavy atom. The molecule has 5 heteroatoms. The summed E-state index contributed by atoms with van der Waals surface area (Å²) < 4.78 is 0. The van der Waals surface area contributed by atoms with Gasteiger partial charge in [-0.05, 0) is 32.4 Å². The number of aliphatic hydroxyl groups is 1. The van der Waals surface area contributed by atoms with Crippen LogP contribution in [0.4, 0.5) is 0 Å². The van der Waals surface area contributed by atoms with Gasteiger partial charge in [-0.2, -0.15) is 0 Å². The molecule has 1 atom stereocenters. The Labute approximate surface area is 102 Å². The van der Waals surface area contributed by atoms with Gasteiger partial charge in [-0.25, -0.2) is 0 Å². The molecule has 94 valence electrons. The molecule has 0 aliphatic carbocycles. The van der Waals surface area contributed by atoms with Crippen LogP contribution in [0.5, 0.6) is 0 Å². The van der Waals surface area contributed by atoms with Crippen molar-refractivity contribution in [3.8, 4) is 0 Å². The number of carbonyl (C=O) groups excluding carboxylic acids is 1. The number of nitrogens with one attached hydrogen (secondary N) is 2. The van der Waals surface area contributed by atoms with Gasteiger partial charge in [-0.3, -0.25) is 4.79 Å². The summed E-state index contributed by atoms with van der Waals surface area (Å²) in [4.78, 5) is 11.6. The molecular weight excluding hydrogens is 224 g/mol. The zero-order valence-corrected chi connectivity index (χ0v) is 10.7. The van der Waals surface area contributed by atoms with E-state index in [1.165, 1.54) is 0 Å². The molecule has 4 nitrogen and oxygen atoms in total. The van der Waals surface area contributed by atoms with Crippen LogP contribution < -0.4 is 10.6 Å². The van der Waals surface area contributed by atoms with Crippen molar-refractivity contribution in [2.75, 3.05) is 25.4 Å². The summed E-state index contributed by atoms with van der Waals surface area (Å²) in [6.07, 6.45) is 3.07. The average molecular weight is 246 g/mol. The lowest BCUT2D eigenvalue weighted by Crippen LogP contribution is -2.38. The van der Waals surface area contributed by atoms with Gasteiger partial charge in [0.1, 0.15) is 0 Å². The van der Waals surface area contributed by atoms with Crippen LogP contribution in [0.2, 0.25) is 0 Å². The van der Waals surface area contributed by atoms with Gasteiger partial charge in [0.15, 0.2) is 0 Å². The summed E-state index contributed by atoms with van der Waals surface area (Å²) in [5.74, 6) is 0.561. The first-order chi connectivity index (χ1) is 7.76. The van der Waals surface area contributed by atoms with E-state index in [9.17, 15) is 4.79 Å². The number of carbonyl (C=O) groups is 1. The van der Waals surface area contributed by atoms with Gasteiger partial charge >= 0.3 is 0 Å². The summed E-state index contributed by atoms with van der Waals surface area (Å²) in [5.41, 5.74) is 0. The Morgan fingerprint density at radius 3 is 2.81 bits per heavy atom. The molecule has 1 heterocycles. The van der Waals surface area contributed by atoms with Crippen molar-refractivity contribution in [1.82, 2.24) is 10.6 Å². The van der Waals surface area contributed by atoms with Crippen LogP contribution in [-0.4, -0.2) is 47.8 Å². The fourth-order valence-corrected chi connectivity index (χ4v) is 2.74. The van der Waals surface area contributed by atoms with Gasteiger partial charge < -0.3 is 15.7 Å². The Kier molecular flexibility index (Phi) is 6.84. The minimum absolute atomic E-state index is 0.0280. The third-order valence-electron chi connectivity index (χ3n) is 2.81. The first kappa shape index (κ1) is 13.8. The monoisotopic (exact) mass is 246 g/mol. The van der Waals surface area contributed by atoms with E-state index in [0.717, 1.165) is 32.4 Å². The molecule has 16 heavy (non-hydrogen) atoms. The van der Waals surface area contributed by atoms with Crippen molar-refractivity contribution in [2.24, 2.45) is 0 Å². The maximum atomic E-state index is 11.6. The SMILES string of the molecule is CC[C@@H](CO)NC(=O)CSC1CCNCC1. The van der Waals surface area contributed by atoms with Gasteiger partial charge in [0, 0.05) is 5.25 Å². The minimum atomic E-state index is -0.0823. The number of thioether (sulfide) groups is 1. The van der Waals surface area contributed by atoms with E-state index in [1.807, 2.05) is 6.92 Å². The van der Waals surface area contributed by atoms with Gasteiger partial charge in [-0.1, -0.05) is 6.92 Å². The van der Waals surface area contributed by atoms with Gasteiger partial charge in [-0.15, -0.1) is 11.8 Å². The van der Waals surface area contributed by atoms with Crippen molar-refractivity contribution in [2.45, 2.75) is 37.5 Å². The average Bonchev–Trinajstić information content (AvgIpc) is 2.34. The Hall–Kier alpha value is -0.260. The number of amides is 1. The second kappa shape index (κ2) is 7.92. The van der Waals surface area contributed by atoms with Crippen molar-refractivity contribution in [3.05, 3.63) is 0 Å². The summed E-state index contributed by atoms with van der Waals surface area (Å²) in [7, 11) is 0. The number of aliphatic hydroxyl groups excluding tert-OH is 1. The normalized spacial score (nSPS) is 19.4. The highest BCUT2D eigenvalue weighted by molar-refractivity contribution is 8.00. The van der Waals surface area contributed by atoms with E-state index >= 15 is 0 Å². The highest BCUT2D eigenvalue weighted by Crippen LogP contribution is 2.19. The second-order valence-electron chi connectivity index (χ2n) is 4.12. The topological polar surface area (TPSA) is 61.4 Å². The lowest BCUT2D eigenvalue weighted by molar-refractivity contribution is -0.119. The molecule has 0 spiro atoms. The standard InChI is InChI=1S/C11H22N2O2S/c1-2-9(7-14)13-11(15)8-16-10-3-5-12-6-4-10/h9-10,12,14H,2-8H2,1H3,(H,13,15)/t9-/m0/s1. The van der Waals surface area contributed by atoms with E-state index < -0.39 is 0 Å². The molecule has 1 rings (SSSR count). The predicted octanol–water partition coefficient (Wildman–Crippen LogP) is 0.359.